The lowest BCUT2D eigenvalue weighted by Crippen LogP contribution is -1.97. The highest BCUT2D eigenvalue weighted by Crippen LogP contribution is 2.30. The van der Waals surface area contributed by atoms with E-state index in [1.165, 1.54) is 5.56 Å². The Hall–Kier alpha value is -3.46. The number of pyridine rings is 2. The fraction of sp³-hybridized carbons (Fsp3) is 0.0833. The molecule has 4 aromatic rings. The zero-order chi connectivity index (χ0) is 18.8. The maximum absolute atomic E-state index is 4.66. The Morgan fingerprint density at radius 3 is 2.59 bits per heavy atom. The first-order valence-corrected chi connectivity index (χ1v) is 9.00. The molecule has 0 saturated carbocycles. The summed E-state index contributed by atoms with van der Waals surface area (Å²) in [5.41, 5.74) is 8.82. The third-order valence-corrected chi connectivity index (χ3v) is 4.86. The van der Waals surface area contributed by atoms with Crippen LogP contribution in [0.4, 0.5) is 0 Å². The van der Waals surface area contributed by atoms with Gasteiger partial charge < -0.3 is 0 Å². The van der Waals surface area contributed by atoms with Crippen LogP contribution in [0.3, 0.4) is 0 Å². The van der Waals surface area contributed by atoms with Crippen molar-refractivity contribution >= 4 is 17.2 Å². The molecule has 0 N–H and O–H groups in total. The molecule has 0 aliphatic carbocycles. The second-order valence-corrected chi connectivity index (χ2v) is 6.47. The smallest absolute Gasteiger partial charge is 0.0739 e. The van der Waals surface area contributed by atoms with E-state index in [-0.39, 0.29) is 0 Å². The van der Waals surface area contributed by atoms with Crippen LogP contribution in [0.15, 0.2) is 79.8 Å². The fourth-order valence-corrected chi connectivity index (χ4v) is 3.40. The Bertz CT molecular complexity index is 1150. The van der Waals surface area contributed by atoms with Gasteiger partial charge in [-0.3, -0.25) is 4.98 Å². The van der Waals surface area contributed by atoms with E-state index in [0.29, 0.717) is 0 Å². The number of rotatable bonds is 4. The molecule has 3 aromatic heterocycles. The van der Waals surface area contributed by atoms with Crippen molar-refractivity contribution < 1.29 is 0 Å². The van der Waals surface area contributed by atoms with Gasteiger partial charge in [-0.15, -0.1) is 0 Å². The molecule has 3 heteroatoms. The van der Waals surface area contributed by atoms with Crippen LogP contribution in [0.2, 0.25) is 0 Å². The van der Waals surface area contributed by atoms with E-state index in [1.54, 1.807) is 0 Å². The molecular weight excluding hydrogens is 330 g/mol. The van der Waals surface area contributed by atoms with Crippen molar-refractivity contribution in [1.29, 1.82) is 0 Å². The minimum Gasteiger partial charge on any atom is -0.260 e. The SMILES string of the molecule is C=Cc1cnn2ccc(/C(=C/C)c3cc(-c4ccccc4)cnc3C)cc12. The summed E-state index contributed by atoms with van der Waals surface area (Å²) < 4.78 is 1.87. The summed E-state index contributed by atoms with van der Waals surface area (Å²) in [6.07, 6.45) is 9.76. The average molecular weight is 351 g/mol. The van der Waals surface area contributed by atoms with Gasteiger partial charge in [-0.2, -0.15) is 5.10 Å². The molecule has 132 valence electrons. The fourth-order valence-electron chi connectivity index (χ4n) is 3.40. The van der Waals surface area contributed by atoms with Crippen LogP contribution in [0, 0.1) is 6.92 Å². The van der Waals surface area contributed by atoms with Gasteiger partial charge in [0.15, 0.2) is 0 Å². The topological polar surface area (TPSA) is 30.2 Å². The summed E-state index contributed by atoms with van der Waals surface area (Å²) in [4.78, 5) is 4.66. The van der Waals surface area contributed by atoms with Gasteiger partial charge in [0.25, 0.3) is 0 Å². The lowest BCUT2D eigenvalue weighted by Gasteiger charge is -2.13. The first-order chi connectivity index (χ1) is 13.2. The lowest BCUT2D eigenvalue weighted by atomic mass is 9.94. The van der Waals surface area contributed by atoms with E-state index in [0.717, 1.165) is 39.0 Å². The highest BCUT2D eigenvalue weighted by atomic mass is 15.2. The highest BCUT2D eigenvalue weighted by Gasteiger charge is 2.12. The quantitative estimate of drug-likeness (QED) is 0.465. The first kappa shape index (κ1) is 17.0. The van der Waals surface area contributed by atoms with Crippen LogP contribution >= 0.6 is 0 Å². The first-order valence-electron chi connectivity index (χ1n) is 9.00. The van der Waals surface area contributed by atoms with Crippen molar-refractivity contribution in [3.63, 3.8) is 0 Å². The Morgan fingerprint density at radius 2 is 1.85 bits per heavy atom. The van der Waals surface area contributed by atoms with Crippen LogP contribution in [0.5, 0.6) is 0 Å². The third kappa shape index (κ3) is 3.08. The van der Waals surface area contributed by atoms with Crippen molar-refractivity contribution in [1.82, 2.24) is 14.6 Å². The number of hydrogen-bond acceptors (Lipinski definition) is 2. The Morgan fingerprint density at radius 1 is 1.04 bits per heavy atom. The summed E-state index contributed by atoms with van der Waals surface area (Å²) in [7, 11) is 0. The maximum Gasteiger partial charge on any atom is 0.0739 e. The second kappa shape index (κ2) is 7.04. The summed E-state index contributed by atoms with van der Waals surface area (Å²) in [5, 5.41) is 4.37. The molecule has 4 rings (SSSR count). The number of aromatic nitrogens is 3. The molecule has 0 spiro atoms. The van der Waals surface area contributed by atoms with Crippen molar-refractivity contribution in [2.75, 3.05) is 0 Å². The zero-order valence-corrected chi connectivity index (χ0v) is 15.6. The molecule has 0 bridgehead atoms. The number of aryl methyl sites for hydroxylation is 1. The van der Waals surface area contributed by atoms with E-state index < -0.39 is 0 Å². The number of benzene rings is 1. The summed E-state index contributed by atoms with van der Waals surface area (Å²) >= 11 is 0. The second-order valence-electron chi connectivity index (χ2n) is 6.47. The molecule has 0 atom stereocenters. The molecular formula is C24H21N3. The summed E-state index contributed by atoms with van der Waals surface area (Å²) in [6.45, 7) is 8.01. The minimum atomic E-state index is 1.01. The lowest BCUT2D eigenvalue weighted by molar-refractivity contribution is 0.960. The van der Waals surface area contributed by atoms with E-state index in [2.05, 4.69) is 79.0 Å². The molecule has 0 aliphatic heterocycles. The monoisotopic (exact) mass is 351 g/mol. The normalized spacial score (nSPS) is 11.7. The van der Waals surface area contributed by atoms with Gasteiger partial charge in [0.2, 0.25) is 0 Å². The van der Waals surface area contributed by atoms with E-state index in [9.17, 15) is 0 Å². The standard InChI is InChI=1S/C24H21N3/c1-4-18-16-26-27-12-11-20(14-24(18)27)22(5-2)23-13-21(15-25-17(23)3)19-9-7-6-8-10-19/h4-16H,1H2,2-3H3/b22-5-. The molecule has 0 saturated heterocycles. The molecule has 0 radical (unpaired) electrons. The average Bonchev–Trinajstić information content (AvgIpc) is 3.13. The van der Waals surface area contributed by atoms with Gasteiger partial charge >= 0.3 is 0 Å². The van der Waals surface area contributed by atoms with Crippen LogP contribution in [-0.2, 0) is 0 Å². The minimum absolute atomic E-state index is 1.01. The van der Waals surface area contributed by atoms with Gasteiger partial charge in [-0.25, -0.2) is 4.52 Å². The number of nitrogens with zero attached hydrogens (tertiary/aromatic N) is 3. The third-order valence-electron chi connectivity index (χ3n) is 4.86. The predicted molar refractivity (Wildman–Crippen MR) is 112 cm³/mol. The van der Waals surface area contributed by atoms with Crippen molar-refractivity contribution in [3.05, 3.63) is 102 Å². The van der Waals surface area contributed by atoms with Gasteiger partial charge in [0, 0.05) is 34.8 Å². The van der Waals surface area contributed by atoms with Gasteiger partial charge in [-0.1, -0.05) is 49.1 Å². The molecule has 3 heterocycles. The maximum atomic E-state index is 4.66. The van der Waals surface area contributed by atoms with E-state index >= 15 is 0 Å². The number of allylic oxidation sites excluding steroid dienone is 1. The molecule has 0 amide bonds. The van der Waals surface area contributed by atoms with Gasteiger partial charge in [0.05, 0.1) is 11.7 Å². The van der Waals surface area contributed by atoms with Crippen molar-refractivity contribution in [3.8, 4) is 11.1 Å². The van der Waals surface area contributed by atoms with Crippen molar-refractivity contribution in [2.45, 2.75) is 13.8 Å². The largest absolute Gasteiger partial charge is 0.260 e. The molecule has 0 unspecified atom stereocenters. The Balaban J connectivity index is 1.85. The molecule has 3 nitrogen and oxygen atoms in total. The van der Waals surface area contributed by atoms with Crippen molar-refractivity contribution in [2.24, 2.45) is 0 Å². The van der Waals surface area contributed by atoms with Crippen LogP contribution in [0.1, 0.15) is 29.3 Å². The predicted octanol–water partition coefficient (Wildman–Crippen LogP) is 5.80. The Labute approximate surface area is 159 Å². The molecule has 0 fully saturated rings. The molecule has 1 aromatic carbocycles. The zero-order valence-electron chi connectivity index (χ0n) is 15.6. The summed E-state index contributed by atoms with van der Waals surface area (Å²) in [6, 6.07) is 16.8. The summed E-state index contributed by atoms with van der Waals surface area (Å²) in [5.74, 6) is 0. The van der Waals surface area contributed by atoms with Gasteiger partial charge in [0.1, 0.15) is 0 Å². The van der Waals surface area contributed by atoms with E-state index in [4.69, 9.17) is 0 Å². The number of hydrogen-bond donors (Lipinski definition) is 0. The Kier molecular flexibility index (Phi) is 4.43. The molecule has 27 heavy (non-hydrogen) atoms. The van der Waals surface area contributed by atoms with Crippen LogP contribution in [-0.4, -0.2) is 14.6 Å². The highest BCUT2D eigenvalue weighted by molar-refractivity contribution is 5.85. The van der Waals surface area contributed by atoms with Gasteiger partial charge in [-0.05, 0) is 48.7 Å². The molecule has 0 aliphatic rings. The van der Waals surface area contributed by atoms with Crippen LogP contribution < -0.4 is 0 Å². The van der Waals surface area contributed by atoms with E-state index in [1.807, 2.05) is 35.2 Å². The number of fused-ring (bicyclic) bond motifs is 1. The van der Waals surface area contributed by atoms with Crippen LogP contribution in [0.25, 0.3) is 28.3 Å².